The van der Waals surface area contributed by atoms with E-state index in [2.05, 4.69) is 15.2 Å². The standard InChI is InChI=1S/C27H27ClN4O3/c1-18(33)30-22-10-12-31(13-11-22)26-9-7-23(17-29-26)32-14-15-35-25-16-20(4-8-24(25)27(32)34)19-2-5-21(28)6-3-19/h2-9,16-17,22H,10-15H2,1H3,(H,30,33). The Hall–Kier alpha value is -3.58. The summed E-state index contributed by atoms with van der Waals surface area (Å²) in [6.45, 7) is 4.04. The molecule has 0 radical (unpaired) electrons. The Kier molecular flexibility index (Phi) is 6.59. The molecule has 1 aromatic heterocycles. The van der Waals surface area contributed by atoms with Crippen molar-refractivity contribution in [3.8, 4) is 16.9 Å². The third kappa shape index (κ3) is 5.10. The summed E-state index contributed by atoms with van der Waals surface area (Å²) in [6.07, 6.45) is 3.53. The summed E-state index contributed by atoms with van der Waals surface area (Å²) >= 11 is 6.01. The molecule has 0 atom stereocenters. The molecule has 7 nitrogen and oxygen atoms in total. The zero-order chi connectivity index (χ0) is 24.4. The summed E-state index contributed by atoms with van der Waals surface area (Å²) in [5.74, 6) is 1.36. The van der Waals surface area contributed by atoms with Crippen molar-refractivity contribution in [3.05, 3.63) is 71.4 Å². The third-order valence-electron chi connectivity index (χ3n) is 6.48. The molecule has 180 valence electrons. The molecule has 1 saturated heterocycles. The monoisotopic (exact) mass is 490 g/mol. The molecular weight excluding hydrogens is 464 g/mol. The largest absolute Gasteiger partial charge is 0.491 e. The van der Waals surface area contributed by atoms with Crippen molar-refractivity contribution in [2.75, 3.05) is 36.0 Å². The number of anilines is 2. The molecule has 0 bridgehead atoms. The number of carbonyl (C=O) groups is 2. The van der Waals surface area contributed by atoms with Gasteiger partial charge in [-0.3, -0.25) is 9.59 Å². The summed E-state index contributed by atoms with van der Waals surface area (Å²) in [7, 11) is 0. The van der Waals surface area contributed by atoms with Gasteiger partial charge in [-0.25, -0.2) is 4.98 Å². The highest BCUT2D eigenvalue weighted by Crippen LogP contribution is 2.32. The predicted molar refractivity (Wildman–Crippen MR) is 137 cm³/mol. The van der Waals surface area contributed by atoms with Gasteiger partial charge in [0.15, 0.2) is 0 Å². The Morgan fingerprint density at radius 1 is 1.03 bits per heavy atom. The SMILES string of the molecule is CC(=O)NC1CCN(c2ccc(N3CCOc4cc(-c5ccc(Cl)cc5)ccc4C3=O)cn2)CC1. The number of benzene rings is 2. The number of hydrogen-bond donors (Lipinski definition) is 1. The number of piperidine rings is 1. The van der Waals surface area contributed by atoms with Crippen LogP contribution in [0.3, 0.4) is 0 Å². The van der Waals surface area contributed by atoms with E-state index in [0.717, 1.165) is 48.6 Å². The molecule has 0 spiro atoms. The van der Waals surface area contributed by atoms with Gasteiger partial charge < -0.3 is 19.9 Å². The van der Waals surface area contributed by atoms with Crippen molar-refractivity contribution in [3.63, 3.8) is 0 Å². The van der Waals surface area contributed by atoms with Gasteiger partial charge in [0.05, 0.1) is 24.0 Å². The predicted octanol–water partition coefficient (Wildman–Crippen LogP) is 4.55. The maximum absolute atomic E-state index is 13.4. The van der Waals surface area contributed by atoms with Crippen molar-refractivity contribution in [2.24, 2.45) is 0 Å². The lowest BCUT2D eigenvalue weighted by Crippen LogP contribution is -2.44. The topological polar surface area (TPSA) is 74.8 Å². The first-order valence-corrected chi connectivity index (χ1v) is 12.2. The van der Waals surface area contributed by atoms with Crippen LogP contribution in [0.15, 0.2) is 60.8 Å². The van der Waals surface area contributed by atoms with E-state index in [0.29, 0.717) is 29.5 Å². The summed E-state index contributed by atoms with van der Waals surface area (Å²) in [5.41, 5.74) is 3.25. The maximum Gasteiger partial charge on any atom is 0.262 e. The Bertz CT molecular complexity index is 1220. The van der Waals surface area contributed by atoms with Gasteiger partial charge in [0.25, 0.3) is 5.91 Å². The van der Waals surface area contributed by atoms with E-state index in [1.807, 2.05) is 54.6 Å². The van der Waals surface area contributed by atoms with Gasteiger partial charge in [0.1, 0.15) is 18.2 Å². The molecule has 2 amide bonds. The van der Waals surface area contributed by atoms with Crippen LogP contribution in [0.2, 0.25) is 5.02 Å². The Labute approximate surface area is 209 Å². The fraction of sp³-hybridized carbons (Fsp3) is 0.296. The Morgan fingerprint density at radius 2 is 1.77 bits per heavy atom. The smallest absolute Gasteiger partial charge is 0.262 e. The van der Waals surface area contributed by atoms with Crippen molar-refractivity contribution in [2.45, 2.75) is 25.8 Å². The lowest BCUT2D eigenvalue weighted by atomic mass is 10.0. The number of carbonyl (C=O) groups excluding carboxylic acids is 2. The van der Waals surface area contributed by atoms with Crippen LogP contribution in [0.1, 0.15) is 30.1 Å². The van der Waals surface area contributed by atoms with Crippen LogP contribution in [0.5, 0.6) is 5.75 Å². The number of pyridine rings is 1. The van der Waals surface area contributed by atoms with E-state index in [1.54, 1.807) is 18.0 Å². The first-order valence-electron chi connectivity index (χ1n) is 11.8. The fourth-order valence-electron chi connectivity index (χ4n) is 4.65. The van der Waals surface area contributed by atoms with Crippen molar-refractivity contribution < 1.29 is 14.3 Å². The van der Waals surface area contributed by atoms with E-state index in [1.165, 1.54) is 0 Å². The van der Waals surface area contributed by atoms with Crippen LogP contribution in [-0.4, -0.2) is 49.1 Å². The van der Waals surface area contributed by atoms with E-state index in [-0.39, 0.29) is 17.9 Å². The number of ether oxygens (including phenoxy) is 1. The second-order valence-electron chi connectivity index (χ2n) is 8.86. The minimum absolute atomic E-state index is 0.0137. The average Bonchev–Trinajstić information content (AvgIpc) is 3.03. The average molecular weight is 491 g/mol. The normalized spacial score (nSPS) is 16.3. The van der Waals surface area contributed by atoms with Crippen molar-refractivity contribution in [1.29, 1.82) is 0 Å². The Morgan fingerprint density at radius 3 is 2.46 bits per heavy atom. The van der Waals surface area contributed by atoms with Gasteiger partial charge in [-0.15, -0.1) is 0 Å². The van der Waals surface area contributed by atoms with Crippen LogP contribution >= 0.6 is 11.6 Å². The molecule has 0 saturated carbocycles. The van der Waals surface area contributed by atoms with Crippen LogP contribution < -0.4 is 19.9 Å². The minimum atomic E-state index is -0.106. The molecule has 8 heteroatoms. The molecule has 0 unspecified atom stereocenters. The van der Waals surface area contributed by atoms with Gasteiger partial charge in [-0.1, -0.05) is 29.8 Å². The third-order valence-corrected chi connectivity index (χ3v) is 6.73. The summed E-state index contributed by atoms with van der Waals surface area (Å²) < 4.78 is 5.97. The molecule has 1 N–H and O–H groups in total. The Balaban J connectivity index is 1.30. The molecular formula is C27H27ClN4O3. The molecule has 1 fully saturated rings. The van der Waals surface area contributed by atoms with Gasteiger partial charge in [0, 0.05) is 31.1 Å². The summed E-state index contributed by atoms with van der Waals surface area (Å²) in [6, 6.07) is 17.4. The van der Waals surface area contributed by atoms with Crippen molar-refractivity contribution in [1.82, 2.24) is 10.3 Å². The quantitative estimate of drug-likeness (QED) is 0.581. The number of rotatable bonds is 4. The van der Waals surface area contributed by atoms with E-state index in [9.17, 15) is 9.59 Å². The minimum Gasteiger partial charge on any atom is -0.491 e. The highest BCUT2D eigenvalue weighted by Gasteiger charge is 2.26. The highest BCUT2D eigenvalue weighted by molar-refractivity contribution is 6.30. The highest BCUT2D eigenvalue weighted by atomic mass is 35.5. The van der Waals surface area contributed by atoms with Crippen LogP contribution in [0, 0.1) is 0 Å². The number of halogens is 1. The number of hydrogen-bond acceptors (Lipinski definition) is 5. The van der Waals surface area contributed by atoms with E-state index < -0.39 is 0 Å². The number of fused-ring (bicyclic) bond motifs is 1. The second-order valence-corrected chi connectivity index (χ2v) is 9.30. The zero-order valence-corrected chi connectivity index (χ0v) is 20.3. The van der Waals surface area contributed by atoms with Crippen LogP contribution in [0.25, 0.3) is 11.1 Å². The molecule has 2 aliphatic heterocycles. The fourth-order valence-corrected chi connectivity index (χ4v) is 4.77. The van der Waals surface area contributed by atoms with Gasteiger partial charge in [0.2, 0.25) is 5.91 Å². The van der Waals surface area contributed by atoms with Crippen LogP contribution in [-0.2, 0) is 4.79 Å². The molecule has 5 rings (SSSR count). The first kappa shape index (κ1) is 23.2. The first-order chi connectivity index (χ1) is 17.0. The van der Waals surface area contributed by atoms with Crippen LogP contribution in [0.4, 0.5) is 11.5 Å². The molecule has 3 aromatic rings. The number of nitrogens with zero attached hydrogens (tertiary/aromatic N) is 3. The van der Waals surface area contributed by atoms with Gasteiger partial charge >= 0.3 is 0 Å². The van der Waals surface area contributed by atoms with E-state index in [4.69, 9.17) is 16.3 Å². The molecule has 0 aliphatic carbocycles. The zero-order valence-electron chi connectivity index (χ0n) is 19.5. The lowest BCUT2D eigenvalue weighted by molar-refractivity contribution is -0.119. The summed E-state index contributed by atoms with van der Waals surface area (Å²) in [5, 5.41) is 3.67. The number of aromatic nitrogens is 1. The number of amides is 2. The second kappa shape index (κ2) is 9.96. The lowest BCUT2D eigenvalue weighted by Gasteiger charge is -2.33. The van der Waals surface area contributed by atoms with E-state index >= 15 is 0 Å². The van der Waals surface area contributed by atoms with Crippen molar-refractivity contribution >= 4 is 34.9 Å². The maximum atomic E-state index is 13.4. The summed E-state index contributed by atoms with van der Waals surface area (Å²) in [4.78, 5) is 33.3. The molecule has 3 heterocycles. The number of nitrogens with one attached hydrogen (secondary N) is 1. The molecule has 2 aliphatic rings. The van der Waals surface area contributed by atoms with Gasteiger partial charge in [-0.05, 0) is 60.4 Å². The molecule has 2 aromatic carbocycles. The van der Waals surface area contributed by atoms with Gasteiger partial charge in [-0.2, -0.15) is 0 Å². The molecule has 35 heavy (non-hydrogen) atoms.